The Hall–Kier alpha value is -3.25. The number of hydrogen-bond acceptors (Lipinski definition) is 5. The van der Waals surface area contributed by atoms with Crippen molar-refractivity contribution in [3.63, 3.8) is 0 Å². The van der Waals surface area contributed by atoms with Crippen molar-refractivity contribution in [3.8, 4) is 0 Å². The van der Waals surface area contributed by atoms with E-state index in [1.165, 1.54) is 23.0 Å². The third-order valence-electron chi connectivity index (χ3n) is 5.87. The molecule has 1 fully saturated rings. The summed E-state index contributed by atoms with van der Waals surface area (Å²) in [6.45, 7) is 4.07. The highest BCUT2D eigenvalue weighted by Crippen LogP contribution is 2.46. The van der Waals surface area contributed by atoms with Gasteiger partial charge in [-0.3, -0.25) is 4.57 Å². The molecule has 2 aromatic carbocycles. The van der Waals surface area contributed by atoms with Crippen molar-refractivity contribution in [2.24, 2.45) is 0 Å². The molecule has 8 heteroatoms. The summed E-state index contributed by atoms with van der Waals surface area (Å²) in [5.41, 5.74) is 3.58. The Morgan fingerprint density at radius 3 is 2.59 bits per heavy atom. The Labute approximate surface area is 189 Å². The maximum absolute atomic E-state index is 13.5. The van der Waals surface area contributed by atoms with Gasteiger partial charge in [-0.05, 0) is 54.7 Å². The molecule has 6 nitrogen and oxygen atoms in total. The molecule has 1 aliphatic carbocycles. The third kappa shape index (κ3) is 4.23. The van der Waals surface area contributed by atoms with E-state index >= 15 is 0 Å². The Morgan fingerprint density at radius 2 is 2.00 bits per heavy atom. The number of nitrogens with one attached hydrogen (secondary N) is 1. The Morgan fingerprint density at radius 1 is 1.28 bits per heavy atom. The molecule has 0 saturated heterocycles. The number of anilines is 1. The second-order valence-electron chi connectivity index (χ2n) is 7.78. The van der Waals surface area contributed by atoms with Gasteiger partial charge in [0.1, 0.15) is 12.1 Å². The first-order chi connectivity index (χ1) is 15.4. The average Bonchev–Trinajstić information content (AvgIpc) is 3.17. The van der Waals surface area contributed by atoms with Crippen LogP contribution in [0.2, 0.25) is 5.02 Å². The van der Waals surface area contributed by atoms with Crippen LogP contribution in [0.15, 0.2) is 77.7 Å². The minimum atomic E-state index is -0.864. The second-order valence-corrected chi connectivity index (χ2v) is 8.22. The number of benzene rings is 2. The lowest BCUT2D eigenvalue weighted by Gasteiger charge is -2.35. The standard InChI is InChI=1S/C24H22ClFN4O2/c1-2-20(24(13-3-4-21(24)31)17-7-11-19(26)12-8-17)28-22-27-15-30(23(32)29-22)14-16-5-9-18(25)10-6-16/h5-12,15,21,31H,1,3-4,13-14H2,(H,28,29,32). The van der Waals surface area contributed by atoms with E-state index in [0.717, 1.165) is 17.5 Å². The molecule has 1 aromatic heterocycles. The molecule has 2 N–H and O–H groups in total. The summed E-state index contributed by atoms with van der Waals surface area (Å²) in [7, 11) is 0. The van der Waals surface area contributed by atoms with Gasteiger partial charge in [-0.25, -0.2) is 14.2 Å². The van der Waals surface area contributed by atoms with E-state index in [9.17, 15) is 14.3 Å². The number of hydrogen-bond donors (Lipinski definition) is 2. The average molecular weight is 453 g/mol. The molecule has 1 aliphatic rings. The Bertz CT molecular complexity index is 1220. The molecule has 3 aromatic rings. The first-order valence-electron chi connectivity index (χ1n) is 10.2. The van der Waals surface area contributed by atoms with Gasteiger partial charge in [0.05, 0.1) is 23.8 Å². The van der Waals surface area contributed by atoms with E-state index in [4.69, 9.17) is 11.6 Å². The number of halogens is 2. The Kier molecular flexibility index (Phi) is 6.24. The van der Waals surface area contributed by atoms with Gasteiger partial charge in [0.25, 0.3) is 0 Å². The van der Waals surface area contributed by atoms with Crippen molar-refractivity contribution >= 4 is 17.5 Å². The zero-order valence-corrected chi connectivity index (χ0v) is 18.0. The fraction of sp³-hybridized carbons (Fsp3) is 0.250. The molecule has 0 radical (unpaired) electrons. The topological polar surface area (TPSA) is 80.0 Å². The molecule has 0 bridgehead atoms. The molecule has 2 atom stereocenters. The third-order valence-corrected chi connectivity index (χ3v) is 6.12. The summed E-state index contributed by atoms with van der Waals surface area (Å²) < 4.78 is 14.9. The van der Waals surface area contributed by atoms with E-state index < -0.39 is 17.2 Å². The van der Waals surface area contributed by atoms with Crippen LogP contribution in [0.5, 0.6) is 0 Å². The van der Waals surface area contributed by atoms with Crippen LogP contribution in [0.4, 0.5) is 10.3 Å². The van der Waals surface area contributed by atoms with E-state index in [2.05, 4.69) is 27.6 Å². The molecule has 0 aliphatic heterocycles. The molecule has 32 heavy (non-hydrogen) atoms. The number of rotatable bonds is 6. The van der Waals surface area contributed by atoms with Crippen LogP contribution in [0.25, 0.3) is 0 Å². The summed E-state index contributed by atoms with van der Waals surface area (Å²) in [5, 5.41) is 14.5. The van der Waals surface area contributed by atoms with E-state index in [0.29, 0.717) is 30.1 Å². The van der Waals surface area contributed by atoms with E-state index in [1.54, 1.807) is 24.3 Å². The van der Waals surface area contributed by atoms with Crippen LogP contribution in [-0.2, 0) is 12.0 Å². The second kappa shape index (κ2) is 9.09. The van der Waals surface area contributed by atoms with Crippen LogP contribution in [0.1, 0.15) is 30.4 Å². The first-order valence-corrected chi connectivity index (χ1v) is 10.6. The van der Waals surface area contributed by atoms with Crippen molar-refractivity contribution < 1.29 is 9.50 Å². The van der Waals surface area contributed by atoms with Crippen molar-refractivity contribution in [1.82, 2.24) is 14.5 Å². The van der Waals surface area contributed by atoms with Gasteiger partial charge in [-0.15, -0.1) is 5.73 Å². The lowest BCUT2D eigenvalue weighted by atomic mass is 9.74. The van der Waals surface area contributed by atoms with Crippen molar-refractivity contribution in [3.05, 3.63) is 105 Å². The van der Waals surface area contributed by atoms with Gasteiger partial charge in [-0.2, -0.15) is 4.98 Å². The largest absolute Gasteiger partial charge is 0.392 e. The fourth-order valence-corrected chi connectivity index (χ4v) is 4.37. The van der Waals surface area contributed by atoms with Gasteiger partial charge in [0.15, 0.2) is 0 Å². The van der Waals surface area contributed by atoms with E-state index in [1.807, 2.05) is 12.1 Å². The van der Waals surface area contributed by atoms with Gasteiger partial charge in [0.2, 0.25) is 5.95 Å². The molecule has 4 rings (SSSR count). The van der Waals surface area contributed by atoms with Crippen molar-refractivity contribution in [1.29, 1.82) is 0 Å². The molecule has 1 heterocycles. The Balaban J connectivity index is 1.62. The number of nitrogens with zero attached hydrogens (tertiary/aromatic N) is 3. The summed E-state index contributed by atoms with van der Waals surface area (Å²) in [5.74, 6) is -0.282. The van der Waals surface area contributed by atoms with Gasteiger partial charge < -0.3 is 10.4 Å². The predicted molar refractivity (Wildman–Crippen MR) is 121 cm³/mol. The van der Waals surface area contributed by atoms with Crippen LogP contribution in [0.3, 0.4) is 0 Å². The molecule has 164 valence electrons. The minimum Gasteiger partial charge on any atom is -0.392 e. The summed E-state index contributed by atoms with van der Waals surface area (Å²) in [4.78, 5) is 20.9. The van der Waals surface area contributed by atoms with Gasteiger partial charge in [-0.1, -0.05) is 42.4 Å². The predicted octanol–water partition coefficient (Wildman–Crippen LogP) is 4.04. The SMILES string of the molecule is C=C=C(Nc1ncn(Cc2ccc(Cl)cc2)c(=O)n1)C1(c2ccc(F)cc2)CCCC1O. The molecule has 1 saturated carbocycles. The van der Waals surface area contributed by atoms with Crippen LogP contribution in [-0.4, -0.2) is 25.7 Å². The normalized spacial score (nSPS) is 20.0. The monoisotopic (exact) mass is 452 g/mol. The minimum absolute atomic E-state index is 0.0779. The first kappa shape index (κ1) is 22.0. The van der Waals surface area contributed by atoms with Crippen LogP contribution >= 0.6 is 11.6 Å². The molecule has 0 spiro atoms. The molecule has 0 amide bonds. The summed E-state index contributed by atoms with van der Waals surface area (Å²) in [6, 6.07) is 13.2. The smallest absolute Gasteiger partial charge is 0.352 e. The lowest BCUT2D eigenvalue weighted by Crippen LogP contribution is -2.40. The maximum Gasteiger partial charge on any atom is 0.352 e. The zero-order valence-electron chi connectivity index (χ0n) is 17.3. The van der Waals surface area contributed by atoms with Crippen molar-refractivity contribution in [2.45, 2.75) is 37.3 Å². The number of aromatic nitrogens is 3. The van der Waals surface area contributed by atoms with Gasteiger partial charge in [0, 0.05) is 5.02 Å². The number of aliphatic hydroxyl groups excluding tert-OH is 1. The van der Waals surface area contributed by atoms with Gasteiger partial charge >= 0.3 is 5.69 Å². The summed E-state index contributed by atoms with van der Waals surface area (Å²) >= 11 is 5.90. The zero-order chi connectivity index (χ0) is 22.7. The lowest BCUT2D eigenvalue weighted by molar-refractivity contribution is 0.126. The summed E-state index contributed by atoms with van der Waals surface area (Å²) in [6.07, 6.45) is 2.64. The van der Waals surface area contributed by atoms with Crippen LogP contribution in [0, 0.1) is 5.82 Å². The highest BCUT2D eigenvalue weighted by Gasteiger charge is 2.47. The molecule has 2 unspecified atom stereocenters. The number of aliphatic hydroxyl groups is 1. The molecular weight excluding hydrogens is 431 g/mol. The van der Waals surface area contributed by atoms with E-state index in [-0.39, 0.29) is 11.8 Å². The van der Waals surface area contributed by atoms with Crippen LogP contribution < -0.4 is 11.0 Å². The van der Waals surface area contributed by atoms with Crippen molar-refractivity contribution in [2.75, 3.05) is 5.32 Å². The highest BCUT2D eigenvalue weighted by molar-refractivity contribution is 6.30. The fourth-order valence-electron chi connectivity index (χ4n) is 4.25. The quantitative estimate of drug-likeness (QED) is 0.552. The highest BCUT2D eigenvalue weighted by atomic mass is 35.5. The molecular formula is C24H22ClFN4O2. The maximum atomic E-state index is 13.5.